The zero-order chi connectivity index (χ0) is 17.9. The highest BCUT2D eigenvalue weighted by Gasteiger charge is 2.42. The van der Waals surface area contributed by atoms with E-state index < -0.39 is 36.6 Å². The summed E-state index contributed by atoms with van der Waals surface area (Å²) < 4.78 is 10.5. The first-order chi connectivity index (χ1) is 11.3. The van der Waals surface area contributed by atoms with Crippen LogP contribution in [-0.2, 0) is 11.2 Å². The number of aliphatic hydroxyl groups excluding tert-OH is 4. The van der Waals surface area contributed by atoms with Gasteiger partial charge in [-0.1, -0.05) is 6.07 Å². The Labute approximate surface area is 141 Å². The smallest absolute Gasteiger partial charge is 0.160 e. The number of aromatic hydroxyl groups is 1. The molecule has 7 nitrogen and oxygen atoms in total. The van der Waals surface area contributed by atoms with E-state index in [1.165, 1.54) is 13.2 Å². The van der Waals surface area contributed by atoms with Gasteiger partial charge < -0.3 is 35.0 Å². The predicted molar refractivity (Wildman–Crippen MR) is 86.0 cm³/mol. The number of phenolic OH excluding ortho intramolecular Hbond substituents is 1. The summed E-state index contributed by atoms with van der Waals surface area (Å²) in [5.74, 6) is 0.431. The van der Waals surface area contributed by atoms with Gasteiger partial charge in [0, 0.05) is 6.42 Å². The molecule has 2 rings (SSSR count). The van der Waals surface area contributed by atoms with E-state index in [0.29, 0.717) is 18.6 Å². The molecule has 1 saturated heterocycles. The molecule has 1 aromatic rings. The first kappa shape index (κ1) is 19.0. The Kier molecular flexibility index (Phi) is 6.42. The number of aryl methyl sites for hydroxylation is 1. The second-order valence-corrected chi connectivity index (χ2v) is 6.29. The summed E-state index contributed by atoms with van der Waals surface area (Å²) in [5.41, 5.74) is 0.901. The molecule has 1 heterocycles. The van der Waals surface area contributed by atoms with Gasteiger partial charge in [0.05, 0.1) is 25.4 Å². The molecule has 136 valence electrons. The van der Waals surface area contributed by atoms with Crippen LogP contribution in [0, 0.1) is 0 Å². The normalized spacial score (nSPS) is 31.7. The lowest BCUT2D eigenvalue weighted by atomic mass is 9.91. The Hall–Kier alpha value is -1.38. The van der Waals surface area contributed by atoms with Gasteiger partial charge in [-0.05, 0) is 37.5 Å². The molecule has 1 fully saturated rings. The van der Waals surface area contributed by atoms with Crippen LogP contribution in [0.3, 0.4) is 0 Å². The van der Waals surface area contributed by atoms with Crippen molar-refractivity contribution in [2.45, 2.75) is 62.8 Å². The van der Waals surface area contributed by atoms with Crippen LogP contribution in [-0.4, -0.2) is 69.3 Å². The molecule has 0 bridgehead atoms. The largest absolute Gasteiger partial charge is 0.504 e. The van der Waals surface area contributed by atoms with Crippen molar-refractivity contribution in [1.29, 1.82) is 0 Å². The van der Waals surface area contributed by atoms with Gasteiger partial charge in [0.1, 0.15) is 18.3 Å². The Morgan fingerprint density at radius 3 is 2.54 bits per heavy atom. The fourth-order valence-corrected chi connectivity index (χ4v) is 2.93. The molecule has 24 heavy (non-hydrogen) atoms. The molecule has 0 saturated carbocycles. The molecule has 0 amide bonds. The van der Waals surface area contributed by atoms with Crippen molar-refractivity contribution in [3.05, 3.63) is 23.8 Å². The molecular formula is C17H26O7. The number of ether oxygens (including phenoxy) is 2. The topological polar surface area (TPSA) is 120 Å². The zero-order valence-electron chi connectivity index (χ0n) is 13.9. The van der Waals surface area contributed by atoms with E-state index in [0.717, 1.165) is 5.56 Å². The molecule has 1 aliphatic rings. The molecular weight excluding hydrogens is 316 g/mol. The van der Waals surface area contributed by atoms with E-state index in [1.54, 1.807) is 19.1 Å². The lowest BCUT2D eigenvalue weighted by Crippen LogP contribution is -2.57. The summed E-state index contributed by atoms with van der Waals surface area (Å²) in [7, 11) is 1.47. The van der Waals surface area contributed by atoms with Crippen molar-refractivity contribution in [1.82, 2.24) is 0 Å². The van der Waals surface area contributed by atoms with Crippen LogP contribution in [0.15, 0.2) is 18.2 Å². The van der Waals surface area contributed by atoms with E-state index in [4.69, 9.17) is 9.47 Å². The molecule has 1 aliphatic heterocycles. The highest BCUT2D eigenvalue weighted by atomic mass is 16.5. The summed E-state index contributed by atoms with van der Waals surface area (Å²) in [6, 6.07) is 4.99. The minimum atomic E-state index is -1.28. The van der Waals surface area contributed by atoms with E-state index in [9.17, 15) is 25.5 Å². The number of hydrogen-bond acceptors (Lipinski definition) is 7. The minimum absolute atomic E-state index is 0.0575. The number of methoxy groups -OCH3 is 1. The van der Waals surface area contributed by atoms with Crippen LogP contribution >= 0.6 is 0 Å². The van der Waals surface area contributed by atoms with Crippen LogP contribution < -0.4 is 4.74 Å². The highest BCUT2D eigenvalue weighted by molar-refractivity contribution is 5.41. The van der Waals surface area contributed by atoms with Gasteiger partial charge >= 0.3 is 0 Å². The minimum Gasteiger partial charge on any atom is -0.504 e. The maximum absolute atomic E-state index is 10.2. The summed E-state index contributed by atoms with van der Waals surface area (Å²) >= 11 is 0. The Bertz CT molecular complexity index is 536. The van der Waals surface area contributed by atoms with Crippen molar-refractivity contribution < 1.29 is 35.0 Å². The first-order valence-electron chi connectivity index (χ1n) is 8.07. The number of phenols is 1. The van der Waals surface area contributed by atoms with Gasteiger partial charge in [0.2, 0.25) is 0 Å². The van der Waals surface area contributed by atoms with E-state index in [1.807, 2.05) is 0 Å². The third-order valence-corrected chi connectivity index (χ3v) is 4.47. The lowest BCUT2D eigenvalue weighted by Gasteiger charge is -2.40. The highest BCUT2D eigenvalue weighted by Crippen LogP contribution is 2.28. The van der Waals surface area contributed by atoms with Gasteiger partial charge in [0.25, 0.3) is 0 Å². The third-order valence-electron chi connectivity index (χ3n) is 4.47. The van der Waals surface area contributed by atoms with Gasteiger partial charge in [-0.15, -0.1) is 0 Å². The Balaban J connectivity index is 1.88. The first-order valence-corrected chi connectivity index (χ1v) is 8.07. The maximum atomic E-state index is 10.2. The second-order valence-electron chi connectivity index (χ2n) is 6.29. The number of aliphatic hydroxyl groups is 4. The Morgan fingerprint density at radius 2 is 1.88 bits per heavy atom. The summed E-state index contributed by atoms with van der Waals surface area (Å²) in [4.78, 5) is 0. The molecule has 0 aromatic heterocycles. The Morgan fingerprint density at radius 1 is 1.17 bits per heavy atom. The number of rotatable bonds is 6. The van der Waals surface area contributed by atoms with Crippen molar-refractivity contribution in [3.63, 3.8) is 0 Å². The molecule has 0 aliphatic carbocycles. The summed E-state index contributed by atoms with van der Waals surface area (Å²) in [6.07, 6.45) is -4.60. The van der Waals surface area contributed by atoms with E-state index in [-0.39, 0.29) is 12.2 Å². The van der Waals surface area contributed by atoms with Crippen molar-refractivity contribution in [3.8, 4) is 11.5 Å². The van der Waals surface area contributed by atoms with Gasteiger partial charge in [0.15, 0.2) is 11.5 Å². The summed E-state index contributed by atoms with van der Waals surface area (Å²) in [6.45, 7) is 1.61. The van der Waals surface area contributed by atoms with Crippen LogP contribution in [0.4, 0.5) is 0 Å². The third kappa shape index (κ3) is 4.37. The summed E-state index contributed by atoms with van der Waals surface area (Å²) in [5, 5.41) is 49.2. The number of benzene rings is 1. The number of hydrogen-bond donors (Lipinski definition) is 5. The fourth-order valence-electron chi connectivity index (χ4n) is 2.93. The van der Waals surface area contributed by atoms with Gasteiger partial charge in [-0.3, -0.25) is 0 Å². The van der Waals surface area contributed by atoms with Crippen LogP contribution in [0.1, 0.15) is 25.3 Å². The lowest BCUT2D eigenvalue weighted by molar-refractivity contribution is -0.222. The molecule has 1 aromatic carbocycles. The predicted octanol–water partition coefficient (Wildman–Crippen LogP) is -0.0456. The average molecular weight is 342 g/mol. The molecule has 0 spiro atoms. The van der Waals surface area contributed by atoms with Crippen molar-refractivity contribution in [2.24, 2.45) is 0 Å². The van der Waals surface area contributed by atoms with Crippen LogP contribution in [0.25, 0.3) is 0 Å². The second kappa shape index (κ2) is 8.13. The van der Waals surface area contributed by atoms with Crippen LogP contribution in [0.2, 0.25) is 0 Å². The SMILES string of the molecule is COc1cc(CCC(O)C[C@@H]2O[C@@H](C)C(O)[C@@H](O)[C@H]2O)ccc1O. The van der Waals surface area contributed by atoms with E-state index in [2.05, 4.69) is 0 Å². The van der Waals surface area contributed by atoms with Gasteiger partial charge in [-0.2, -0.15) is 0 Å². The van der Waals surface area contributed by atoms with E-state index >= 15 is 0 Å². The standard InChI is InChI=1S/C17H26O7/c1-9-15(20)17(22)16(21)14(24-9)8-11(18)5-3-10-4-6-12(19)13(7-10)23-2/h4,6-7,9,11,14-22H,3,5,8H2,1-2H3/t9-,11?,14-,15?,16-,17+/m0/s1. The maximum Gasteiger partial charge on any atom is 0.160 e. The quantitative estimate of drug-likeness (QED) is 0.492. The molecule has 6 atom stereocenters. The van der Waals surface area contributed by atoms with Gasteiger partial charge in [-0.25, -0.2) is 0 Å². The molecule has 5 N–H and O–H groups in total. The molecule has 2 unspecified atom stereocenters. The average Bonchev–Trinajstić information content (AvgIpc) is 2.57. The van der Waals surface area contributed by atoms with Crippen molar-refractivity contribution >= 4 is 0 Å². The molecule has 0 radical (unpaired) electrons. The van der Waals surface area contributed by atoms with Crippen molar-refractivity contribution in [2.75, 3.05) is 7.11 Å². The zero-order valence-corrected chi connectivity index (χ0v) is 13.9. The molecule has 7 heteroatoms. The monoisotopic (exact) mass is 342 g/mol. The fraction of sp³-hybridized carbons (Fsp3) is 0.647. The van der Waals surface area contributed by atoms with Crippen LogP contribution in [0.5, 0.6) is 11.5 Å².